The zero-order valence-corrected chi connectivity index (χ0v) is 10.4. The van der Waals surface area contributed by atoms with Crippen LogP contribution in [0.3, 0.4) is 0 Å². The molecule has 1 aromatic rings. The number of halogens is 3. The summed E-state index contributed by atoms with van der Waals surface area (Å²) in [7, 11) is 0. The summed E-state index contributed by atoms with van der Waals surface area (Å²) in [6.07, 6.45) is 0. The molecule has 0 bridgehead atoms. The first-order chi connectivity index (χ1) is 6.54. The van der Waals surface area contributed by atoms with E-state index in [1.54, 1.807) is 0 Å². The van der Waals surface area contributed by atoms with Crippen molar-refractivity contribution in [3.05, 3.63) is 27.1 Å². The second kappa shape index (κ2) is 4.93. The first-order valence-electron chi connectivity index (χ1n) is 3.89. The van der Waals surface area contributed by atoms with E-state index in [1.165, 1.54) is 6.07 Å². The highest BCUT2D eigenvalue weighted by atomic mass is 127. The molecule has 0 radical (unpaired) electrons. The van der Waals surface area contributed by atoms with E-state index in [0.717, 1.165) is 9.13 Å². The molecular formula is C9H9ClFIN2. The van der Waals surface area contributed by atoms with Gasteiger partial charge in [-0.15, -0.1) is 11.6 Å². The first-order valence-corrected chi connectivity index (χ1v) is 5.50. The van der Waals surface area contributed by atoms with Crippen LogP contribution in [0, 0.1) is 16.3 Å². The summed E-state index contributed by atoms with van der Waals surface area (Å²) in [6.45, 7) is 1.82. The Morgan fingerprint density at radius 3 is 2.79 bits per heavy atom. The van der Waals surface area contributed by atoms with E-state index in [1.807, 2.05) is 35.6 Å². The van der Waals surface area contributed by atoms with Crippen LogP contribution in [-0.4, -0.2) is 11.7 Å². The van der Waals surface area contributed by atoms with Gasteiger partial charge in [-0.2, -0.15) is 0 Å². The summed E-state index contributed by atoms with van der Waals surface area (Å²) in [5, 5.41) is 0. The van der Waals surface area contributed by atoms with E-state index >= 15 is 0 Å². The number of hydrogen-bond donors (Lipinski definition) is 1. The van der Waals surface area contributed by atoms with Gasteiger partial charge in [0.1, 0.15) is 17.3 Å². The topological polar surface area (TPSA) is 38.4 Å². The van der Waals surface area contributed by atoms with E-state index in [4.69, 9.17) is 17.3 Å². The van der Waals surface area contributed by atoms with Crippen molar-refractivity contribution in [3.8, 4) is 0 Å². The van der Waals surface area contributed by atoms with Crippen LogP contribution >= 0.6 is 34.2 Å². The lowest BCUT2D eigenvalue weighted by molar-refractivity contribution is 0.627. The zero-order valence-electron chi connectivity index (χ0n) is 7.52. The number of hydrogen-bond acceptors (Lipinski definition) is 1. The molecule has 1 rings (SSSR count). The summed E-state index contributed by atoms with van der Waals surface area (Å²) >= 11 is 7.47. The Bertz CT molecular complexity index is 356. The van der Waals surface area contributed by atoms with Gasteiger partial charge in [0, 0.05) is 3.57 Å². The fourth-order valence-corrected chi connectivity index (χ4v) is 1.90. The fourth-order valence-electron chi connectivity index (χ4n) is 0.973. The zero-order chi connectivity index (χ0) is 10.7. The van der Waals surface area contributed by atoms with Crippen LogP contribution in [0.4, 0.5) is 10.1 Å². The Labute approximate surface area is 100 Å². The minimum Gasteiger partial charge on any atom is -0.386 e. The number of rotatable bonds is 2. The van der Waals surface area contributed by atoms with Crippen LogP contribution < -0.4 is 5.73 Å². The molecule has 0 atom stereocenters. The third-order valence-electron chi connectivity index (χ3n) is 1.55. The predicted octanol–water partition coefficient (Wildman–Crippen LogP) is 2.97. The number of nitrogens with two attached hydrogens (primary N) is 1. The van der Waals surface area contributed by atoms with E-state index in [9.17, 15) is 4.39 Å². The quantitative estimate of drug-likeness (QED) is 0.386. The molecule has 0 aliphatic heterocycles. The second-order valence-corrected chi connectivity index (χ2v) is 4.24. The van der Waals surface area contributed by atoms with E-state index in [0.29, 0.717) is 0 Å². The van der Waals surface area contributed by atoms with Gasteiger partial charge in [0.05, 0.1) is 5.88 Å². The lowest BCUT2D eigenvalue weighted by Gasteiger charge is -2.03. The molecule has 0 aliphatic rings. The number of benzene rings is 1. The van der Waals surface area contributed by atoms with E-state index in [-0.39, 0.29) is 23.2 Å². The van der Waals surface area contributed by atoms with Gasteiger partial charge in [-0.1, -0.05) is 0 Å². The maximum Gasteiger partial charge on any atom is 0.150 e. The fraction of sp³-hybridized carbons (Fsp3) is 0.222. The second-order valence-electron chi connectivity index (χ2n) is 2.81. The molecule has 0 saturated carbocycles. The molecule has 2 N–H and O–H groups in total. The van der Waals surface area contributed by atoms with Crippen molar-refractivity contribution in [3.63, 3.8) is 0 Å². The maximum atomic E-state index is 13.4. The minimum atomic E-state index is -0.373. The van der Waals surface area contributed by atoms with Gasteiger partial charge < -0.3 is 5.73 Å². The van der Waals surface area contributed by atoms with Crippen molar-refractivity contribution < 1.29 is 4.39 Å². The van der Waals surface area contributed by atoms with Crippen LogP contribution in [0.2, 0.25) is 0 Å². The monoisotopic (exact) mass is 326 g/mol. The van der Waals surface area contributed by atoms with E-state index in [2.05, 4.69) is 4.99 Å². The molecular weight excluding hydrogens is 317 g/mol. The van der Waals surface area contributed by atoms with Crippen molar-refractivity contribution in [2.24, 2.45) is 10.7 Å². The van der Waals surface area contributed by atoms with Gasteiger partial charge in [-0.05, 0) is 47.2 Å². The van der Waals surface area contributed by atoms with Gasteiger partial charge in [-0.3, -0.25) is 0 Å². The van der Waals surface area contributed by atoms with Gasteiger partial charge >= 0.3 is 0 Å². The van der Waals surface area contributed by atoms with Gasteiger partial charge in [0.25, 0.3) is 0 Å². The number of nitrogens with zero attached hydrogens (tertiary/aromatic N) is 1. The number of aryl methyl sites for hydroxylation is 1. The molecule has 0 aromatic heterocycles. The third-order valence-corrected chi connectivity index (χ3v) is 2.65. The van der Waals surface area contributed by atoms with Crippen molar-refractivity contribution in [1.29, 1.82) is 0 Å². The van der Waals surface area contributed by atoms with Crippen molar-refractivity contribution >= 4 is 45.7 Å². The van der Waals surface area contributed by atoms with Crippen molar-refractivity contribution in [2.75, 3.05) is 5.88 Å². The molecule has 14 heavy (non-hydrogen) atoms. The van der Waals surface area contributed by atoms with Crippen LogP contribution in [0.1, 0.15) is 5.56 Å². The van der Waals surface area contributed by atoms with Crippen LogP contribution in [-0.2, 0) is 0 Å². The van der Waals surface area contributed by atoms with Crippen molar-refractivity contribution in [2.45, 2.75) is 6.92 Å². The third kappa shape index (κ3) is 2.81. The average molecular weight is 327 g/mol. The molecule has 2 nitrogen and oxygen atoms in total. The lowest BCUT2D eigenvalue weighted by atomic mass is 10.2. The maximum absolute atomic E-state index is 13.4. The largest absolute Gasteiger partial charge is 0.386 e. The molecule has 0 spiro atoms. The smallest absolute Gasteiger partial charge is 0.150 e. The highest BCUT2D eigenvalue weighted by Crippen LogP contribution is 2.26. The Hall–Kier alpha value is -0.360. The van der Waals surface area contributed by atoms with Gasteiger partial charge in [-0.25, -0.2) is 9.38 Å². The Balaban J connectivity index is 3.21. The summed E-state index contributed by atoms with van der Waals surface area (Å²) in [4.78, 5) is 3.90. The molecule has 0 saturated heterocycles. The molecule has 76 valence electrons. The molecule has 0 aliphatic carbocycles. The summed E-state index contributed by atoms with van der Waals surface area (Å²) in [6, 6.07) is 3.26. The molecule has 1 aromatic carbocycles. The van der Waals surface area contributed by atoms with Gasteiger partial charge in [0.2, 0.25) is 0 Å². The molecule has 0 unspecified atom stereocenters. The highest BCUT2D eigenvalue weighted by molar-refractivity contribution is 14.1. The molecule has 0 fully saturated rings. The summed E-state index contributed by atoms with van der Waals surface area (Å²) in [5.41, 5.74) is 6.54. The average Bonchev–Trinajstić information content (AvgIpc) is 2.10. The number of alkyl halides is 1. The SMILES string of the molecule is Cc1cc(F)c(N=C(N)CCl)c(I)c1. The Morgan fingerprint density at radius 2 is 2.29 bits per heavy atom. The molecule has 0 amide bonds. The predicted molar refractivity (Wildman–Crippen MR) is 65.9 cm³/mol. The lowest BCUT2D eigenvalue weighted by Crippen LogP contribution is -2.12. The number of aliphatic imine (C=N–C) groups is 1. The molecule has 5 heteroatoms. The summed E-state index contributed by atoms with van der Waals surface area (Å²) < 4.78 is 14.1. The number of amidine groups is 1. The highest BCUT2D eigenvalue weighted by Gasteiger charge is 2.07. The Kier molecular flexibility index (Phi) is 4.12. The van der Waals surface area contributed by atoms with Crippen LogP contribution in [0.15, 0.2) is 17.1 Å². The van der Waals surface area contributed by atoms with Crippen LogP contribution in [0.5, 0.6) is 0 Å². The normalized spacial score (nSPS) is 11.9. The minimum absolute atomic E-state index is 0.101. The van der Waals surface area contributed by atoms with Gasteiger partial charge in [0.15, 0.2) is 0 Å². The van der Waals surface area contributed by atoms with Crippen LogP contribution in [0.25, 0.3) is 0 Å². The summed E-state index contributed by atoms with van der Waals surface area (Å²) in [5.74, 6) is -0.0570. The standard InChI is InChI=1S/C9H9ClFIN2/c1-5-2-6(11)9(7(12)3-5)14-8(13)4-10/h2-3H,4H2,1H3,(H2,13,14). The van der Waals surface area contributed by atoms with E-state index < -0.39 is 0 Å². The van der Waals surface area contributed by atoms with Crippen molar-refractivity contribution in [1.82, 2.24) is 0 Å². The molecule has 0 heterocycles. The Morgan fingerprint density at radius 1 is 1.64 bits per heavy atom. The first kappa shape index (κ1) is 11.7.